The molecular formula is C23H24N2O4. The maximum absolute atomic E-state index is 13.3. The molecule has 6 nitrogen and oxygen atoms in total. The summed E-state index contributed by atoms with van der Waals surface area (Å²) in [5.41, 5.74) is 1.49. The number of nitriles is 1. The second kappa shape index (κ2) is 9.74. The van der Waals surface area contributed by atoms with Crippen LogP contribution in [0.15, 0.2) is 54.6 Å². The van der Waals surface area contributed by atoms with Crippen molar-refractivity contribution < 1.29 is 19.1 Å². The lowest BCUT2D eigenvalue weighted by molar-refractivity contribution is -0.130. The van der Waals surface area contributed by atoms with Crippen molar-refractivity contribution in [2.45, 2.75) is 38.1 Å². The zero-order valence-corrected chi connectivity index (χ0v) is 16.4. The highest BCUT2D eigenvalue weighted by atomic mass is 16.6. The van der Waals surface area contributed by atoms with Gasteiger partial charge in [-0.15, -0.1) is 0 Å². The molecule has 1 fully saturated rings. The summed E-state index contributed by atoms with van der Waals surface area (Å²) in [6, 6.07) is 18.0. The van der Waals surface area contributed by atoms with Crippen molar-refractivity contribution in [3.63, 3.8) is 0 Å². The van der Waals surface area contributed by atoms with Gasteiger partial charge in [-0.2, -0.15) is 5.26 Å². The number of carbonyl (C=O) groups excluding carboxylic acids is 2. The van der Waals surface area contributed by atoms with Crippen molar-refractivity contribution >= 4 is 12.0 Å². The third-order valence-electron chi connectivity index (χ3n) is 4.94. The Balaban J connectivity index is 1.81. The first kappa shape index (κ1) is 20.4. The average molecular weight is 392 g/mol. The molecule has 1 aliphatic heterocycles. The SMILES string of the molecule is CCCCOc1ccc([C@@H](CC#N)C(=O)N2C(=O)OC[C@H]2c2ccccc2)cc1. The molecule has 0 bridgehead atoms. The molecule has 6 heteroatoms. The second-order valence-corrected chi connectivity index (χ2v) is 6.90. The number of rotatable bonds is 8. The monoisotopic (exact) mass is 392 g/mol. The molecule has 1 saturated heterocycles. The number of imide groups is 1. The van der Waals surface area contributed by atoms with E-state index >= 15 is 0 Å². The summed E-state index contributed by atoms with van der Waals surface area (Å²) in [6.45, 7) is 2.84. The number of hydrogen-bond acceptors (Lipinski definition) is 5. The number of cyclic esters (lactones) is 1. The number of unbranched alkanes of at least 4 members (excludes halogenated alkanes) is 1. The molecule has 2 aromatic carbocycles. The van der Waals surface area contributed by atoms with Gasteiger partial charge < -0.3 is 9.47 Å². The number of nitrogens with zero attached hydrogens (tertiary/aromatic N) is 2. The number of ether oxygens (including phenoxy) is 2. The zero-order valence-electron chi connectivity index (χ0n) is 16.4. The molecule has 0 unspecified atom stereocenters. The Labute approximate surface area is 170 Å². The first-order valence-corrected chi connectivity index (χ1v) is 9.80. The average Bonchev–Trinajstić information content (AvgIpc) is 3.14. The standard InChI is InChI=1S/C23H24N2O4/c1-2-3-15-28-19-11-9-17(10-12-19)20(13-14-24)22(26)25-21(16-29-23(25)27)18-7-5-4-6-8-18/h4-12,20-21H,2-3,13,15-16H2,1H3/t20-,21+/m1/s1. The van der Waals surface area contributed by atoms with Gasteiger partial charge in [-0.25, -0.2) is 9.69 Å². The van der Waals surface area contributed by atoms with Crippen molar-refractivity contribution in [1.29, 1.82) is 5.26 Å². The second-order valence-electron chi connectivity index (χ2n) is 6.90. The van der Waals surface area contributed by atoms with Gasteiger partial charge in [-0.1, -0.05) is 55.8 Å². The third-order valence-corrected chi connectivity index (χ3v) is 4.94. The minimum absolute atomic E-state index is 0.0276. The molecule has 0 aromatic heterocycles. The summed E-state index contributed by atoms with van der Waals surface area (Å²) < 4.78 is 10.8. The van der Waals surface area contributed by atoms with Crippen molar-refractivity contribution in [1.82, 2.24) is 4.90 Å². The normalized spacial score (nSPS) is 16.8. The largest absolute Gasteiger partial charge is 0.494 e. The Morgan fingerprint density at radius 3 is 2.62 bits per heavy atom. The molecule has 1 heterocycles. The van der Waals surface area contributed by atoms with E-state index in [1.165, 1.54) is 0 Å². The highest BCUT2D eigenvalue weighted by molar-refractivity contribution is 5.97. The van der Waals surface area contributed by atoms with E-state index in [-0.39, 0.29) is 13.0 Å². The van der Waals surface area contributed by atoms with Crippen LogP contribution in [0.4, 0.5) is 4.79 Å². The maximum atomic E-state index is 13.3. The molecular weight excluding hydrogens is 368 g/mol. The summed E-state index contributed by atoms with van der Waals surface area (Å²) in [5.74, 6) is -0.461. The van der Waals surface area contributed by atoms with Crippen LogP contribution < -0.4 is 4.74 Å². The first-order chi connectivity index (χ1) is 14.2. The molecule has 3 rings (SSSR count). The van der Waals surface area contributed by atoms with Crippen molar-refractivity contribution in [3.8, 4) is 11.8 Å². The van der Waals surface area contributed by atoms with E-state index < -0.39 is 24.0 Å². The van der Waals surface area contributed by atoms with Crippen LogP contribution in [0.5, 0.6) is 5.75 Å². The van der Waals surface area contributed by atoms with Crippen LogP contribution in [0.25, 0.3) is 0 Å². The maximum Gasteiger partial charge on any atom is 0.417 e. The van der Waals surface area contributed by atoms with Gasteiger partial charge in [0, 0.05) is 0 Å². The number of amides is 2. The summed E-state index contributed by atoms with van der Waals surface area (Å²) in [5, 5.41) is 9.27. The van der Waals surface area contributed by atoms with Crippen LogP contribution in [-0.2, 0) is 9.53 Å². The van der Waals surface area contributed by atoms with Gasteiger partial charge in [0.15, 0.2) is 0 Å². The molecule has 0 radical (unpaired) electrons. The Morgan fingerprint density at radius 2 is 1.97 bits per heavy atom. The lowest BCUT2D eigenvalue weighted by Gasteiger charge is -2.24. The highest BCUT2D eigenvalue weighted by Crippen LogP contribution is 2.33. The molecule has 2 aromatic rings. The third kappa shape index (κ3) is 4.75. The molecule has 0 spiro atoms. The van der Waals surface area contributed by atoms with Crippen LogP contribution in [-0.4, -0.2) is 30.1 Å². The van der Waals surface area contributed by atoms with Crippen LogP contribution in [0, 0.1) is 11.3 Å². The van der Waals surface area contributed by atoms with E-state index in [0.717, 1.165) is 23.3 Å². The lowest BCUT2D eigenvalue weighted by Crippen LogP contribution is -2.37. The number of benzene rings is 2. The molecule has 0 saturated carbocycles. The first-order valence-electron chi connectivity index (χ1n) is 9.80. The van der Waals surface area contributed by atoms with E-state index in [0.29, 0.717) is 17.9 Å². The Bertz CT molecular complexity index is 874. The van der Waals surface area contributed by atoms with Gasteiger partial charge in [0.05, 0.1) is 25.0 Å². The number of hydrogen-bond donors (Lipinski definition) is 0. The number of carbonyl (C=O) groups is 2. The van der Waals surface area contributed by atoms with E-state index in [4.69, 9.17) is 9.47 Å². The van der Waals surface area contributed by atoms with E-state index in [1.54, 1.807) is 24.3 Å². The van der Waals surface area contributed by atoms with Crippen molar-refractivity contribution in [2.24, 2.45) is 0 Å². The van der Waals surface area contributed by atoms with E-state index in [9.17, 15) is 14.9 Å². The van der Waals surface area contributed by atoms with Crippen LogP contribution in [0.2, 0.25) is 0 Å². The molecule has 2 amide bonds. The van der Waals surface area contributed by atoms with Crippen LogP contribution >= 0.6 is 0 Å². The Hall–Kier alpha value is -3.33. The lowest BCUT2D eigenvalue weighted by atomic mass is 9.93. The molecule has 1 aliphatic rings. The minimum Gasteiger partial charge on any atom is -0.494 e. The zero-order chi connectivity index (χ0) is 20.6. The predicted molar refractivity (Wildman–Crippen MR) is 107 cm³/mol. The summed E-state index contributed by atoms with van der Waals surface area (Å²) in [6.07, 6.45) is 1.31. The van der Waals surface area contributed by atoms with Crippen molar-refractivity contribution in [3.05, 3.63) is 65.7 Å². The summed E-state index contributed by atoms with van der Waals surface area (Å²) in [4.78, 5) is 26.7. The van der Waals surface area contributed by atoms with Gasteiger partial charge >= 0.3 is 6.09 Å². The van der Waals surface area contributed by atoms with Gasteiger partial charge in [-0.3, -0.25) is 4.79 Å². The quantitative estimate of drug-likeness (QED) is 0.614. The van der Waals surface area contributed by atoms with Gasteiger partial charge in [-0.05, 0) is 29.7 Å². The Morgan fingerprint density at radius 1 is 1.24 bits per heavy atom. The fraction of sp³-hybridized carbons (Fsp3) is 0.348. The molecule has 2 atom stereocenters. The minimum atomic E-state index is -0.749. The topological polar surface area (TPSA) is 79.6 Å². The summed E-state index contributed by atoms with van der Waals surface area (Å²) in [7, 11) is 0. The molecule has 0 aliphatic carbocycles. The molecule has 29 heavy (non-hydrogen) atoms. The Kier molecular flexibility index (Phi) is 6.85. The van der Waals surface area contributed by atoms with Gasteiger partial charge in [0.1, 0.15) is 18.4 Å². The fourth-order valence-electron chi connectivity index (χ4n) is 3.32. The summed E-state index contributed by atoms with van der Waals surface area (Å²) >= 11 is 0. The van der Waals surface area contributed by atoms with Crippen LogP contribution in [0.1, 0.15) is 49.3 Å². The smallest absolute Gasteiger partial charge is 0.417 e. The fourth-order valence-corrected chi connectivity index (χ4v) is 3.32. The van der Waals surface area contributed by atoms with E-state index in [2.05, 4.69) is 13.0 Å². The molecule has 150 valence electrons. The van der Waals surface area contributed by atoms with Gasteiger partial charge in [0.2, 0.25) is 5.91 Å². The molecule has 0 N–H and O–H groups in total. The highest BCUT2D eigenvalue weighted by Gasteiger charge is 2.41. The van der Waals surface area contributed by atoms with E-state index in [1.807, 2.05) is 30.3 Å². The van der Waals surface area contributed by atoms with Crippen molar-refractivity contribution in [2.75, 3.05) is 13.2 Å². The van der Waals surface area contributed by atoms with Gasteiger partial charge in [0.25, 0.3) is 0 Å². The predicted octanol–water partition coefficient (Wildman–Crippen LogP) is 4.58. The van der Waals surface area contributed by atoms with Crippen LogP contribution in [0.3, 0.4) is 0 Å².